The Hall–Kier alpha value is 0. The molecule has 0 unspecified atom stereocenters. The van der Waals surface area contributed by atoms with Gasteiger partial charge in [0.2, 0.25) is 0 Å². The maximum Gasteiger partial charge on any atom is -0.0411 e. The summed E-state index contributed by atoms with van der Waals surface area (Å²) >= 11 is 0. The van der Waals surface area contributed by atoms with Gasteiger partial charge < -0.3 is 0 Å². The molecule has 0 aliphatic rings. The van der Waals surface area contributed by atoms with Gasteiger partial charge in [-0.15, -0.1) is 0 Å². The highest BCUT2D eigenvalue weighted by Crippen LogP contribution is 2.08. The highest BCUT2D eigenvalue weighted by Gasteiger charge is 1.95. The average molecular weight is 232 g/mol. The van der Waals surface area contributed by atoms with Gasteiger partial charge in [0.15, 0.2) is 0 Å². The topological polar surface area (TPSA) is 0 Å². The van der Waals surface area contributed by atoms with E-state index in [0.29, 0.717) is 5.41 Å². The van der Waals surface area contributed by atoms with Crippen molar-refractivity contribution in [2.75, 3.05) is 0 Å². The van der Waals surface area contributed by atoms with Crippen LogP contribution in [0.25, 0.3) is 0 Å². The van der Waals surface area contributed by atoms with Crippen LogP contribution in [0, 0.1) is 17.3 Å². The Bertz CT molecular complexity index is 73.9. The van der Waals surface area contributed by atoms with Gasteiger partial charge in [-0.25, -0.2) is 0 Å². The molecule has 0 heteroatoms. The number of hydrogen-bond acceptors (Lipinski definition) is 0. The molecule has 0 radical (unpaired) electrons. The van der Waals surface area contributed by atoms with E-state index < -0.39 is 0 Å². The van der Waals surface area contributed by atoms with E-state index in [1.807, 2.05) is 13.8 Å². The molecule has 0 bridgehead atoms. The summed E-state index contributed by atoms with van der Waals surface area (Å²) in [5.74, 6) is 1.72. The van der Waals surface area contributed by atoms with Crippen LogP contribution < -0.4 is 0 Å². The summed E-state index contributed by atoms with van der Waals surface area (Å²) in [6, 6.07) is 0. The van der Waals surface area contributed by atoms with E-state index in [1.54, 1.807) is 0 Å². The predicted molar refractivity (Wildman–Crippen MR) is 82.1 cm³/mol. The minimum Gasteiger partial charge on any atom is -0.0683 e. The van der Waals surface area contributed by atoms with E-state index in [2.05, 4.69) is 69.2 Å². The van der Waals surface area contributed by atoms with Gasteiger partial charge in [0, 0.05) is 0 Å². The Morgan fingerprint density at radius 1 is 0.750 bits per heavy atom. The Kier molecular flexibility index (Phi) is 27.2. The first-order chi connectivity index (χ1) is 7.00. The molecule has 0 aliphatic carbocycles. The molecule has 0 aromatic rings. The van der Waals surface area contributed by atoms with Gasteiger partial charge in [-0.05, 0) is 17.3 Å². The second-order valence-corrected chi connectivity index (χ2v) is 6.53. The third kappa shape index (κ3) is 592. The van der Waals surface area contributed by atoms with Crippen LogP contribution in [0.4, 0.5) is 0 Å². The largest absolute Gasteiger partial charge is 0.0683 e. The van der Waals surface area contributed by atoms with Crippen LogP contribution in [0.2, 0.25) is 0 Å². The summed E-state index contributed by atoms with van der Waals surface area (Å²) in [4.78, 5) is 0. The zero-order chi connectivity index (χ0) is 14.4. The highest BCUT2D eigenvalue weighted by molar-refractivity contribution is 4.47. The molecule has 0 fully saturated rings. The zero-order valence-electron chi connectivity index (χ0n) is 14.4. The summed E-state index contributed by atoms with van der Waals surface area (Å²) in [5.41, 5.74) is 0.500. The molecule has 0 aromatic carbocycles. The minimum absolute atomic E-state index is 0.500. The Labute approximate surface area is 107 Å². The van der Waals surface area contributed by atoms with Crippen LogP contribution in [-0.2, 0) is 0 Å². The lowest BCUT2D eigenvalue weighted by Crippen LogP contribution is -1.93. The first kappa shape index (κ1) is 25.0. The Morgan fingerprint density at radius 2 is 0.812 bits per heavy atom. The van der Waals surface area contributed by atoms with Gasteiger partial charge in [0.1, 0.15) is 0 Å². The van der Waals surface area contributed by atoms with Gasteiger partial charge in [-0.1, -0.05) is 89.5 Å². The molecular weight excluding hydrogens is 192 g/mol. The van der Waals surface area contributed by atoms with Gasteiger partial charge in [0.25, 0.3) is 0 Å². The molecule has 0 saturated heterocycles. The standard InChI is InChI=1S/2C5H12.C4H10.C2H6/c1-5(2,3)4;1-4-5(2)3;1-4(2)3;1-2/h1-4H3;5H,4H2,1-3H3;4H,1-3H3;1-2H3. The zero-order valence-corrected chi connectivity index (χ0v) is 14.4. The Morgan fingerprint density at radius 3 is 0.812 bits per heavy atom. The van der Waals surface area contributed by atoms with Crippen LogP contribution in [-0.4, -0.2) is 0 Å². The van der Waals surface area contributed by atoms with Crippen molar-refractivity contribution in [3.8, 4) is 0 Å². The first-order valence-electron chi connectivity index (χ1n) is 7.00. The fourth-order valence-electron chi connectivity index (χ4n) is 0. The number of rotatable bonds is 1. The quantitative estimate of drug-likeness (QED) is 0.467. The molecule has 0 aromatic heterocycles. The summed E-state index contributed by atoms with van der Waals surface area (Å²) < 4.78 is 0. The van der Waals surface area contributed by atoms with Crippen LogP contribution in [0.5, 0.6) is 0 Å². The normalized spacial score (nSPS) is 9.38. The molecule has 0 N–H and O–H groups in total. The van der Waals surface area contributed by atoms with Crippen molar-refractivity contribution in [3.63, 3.8) is 0 Å². The van der Waals surface area contributed by atoms with Gasteiger partial charge in [-0.3, -0.25) is 0 Å². The predicted octanol–water partition coefficient (Wildman–Crippen LogP) is 6.79. The third-order valence-electron chi connectivity index (χ3n) is 0.816. The van der Waals surface area contributed by atoms with E-state index in [1.165, 1.54) is 6.42 Å². The second kappa shape index (κ2) is 17.4. The van der Waals surface area contributed by atoms with Crippen LogP contribution in [0.1, 0.15) is 89.5 Å². The third-order valence-corrected chi connectivity index (χ3v) is 0.816. The molecule has 0 saturated carbocycles. The van der Waals surface area contributed by atoms with Crippen molar-refractivity contribution in [1.82, 2.24) is 0 Å². The molecule has 0 rings (SSSR count). The SMILES string of the molecule is CC.CC(C)(C)C.CC(C)C.CCC(C)C. The molecule has 0 aliphatic heterocycles. The maximum absolute atomic E-state index is 2.22. The Balaban J connectivity index is -0.0000000629. The first-order valence-corrected chi connectivity index (χ1v) is 7.00. The van der Waals surface area contributed by atoms with Crippen molar-refractivity contribution >= 4 is 0 Å². The fourth-order valence-corrected chi connectivity index (χ4v) is 0. The lowest BCUT2D eigenvalue weighted by molar-refractivity contribution is 0.469. The molecule has 0 amide bonds. The molecule has 0 nitrogen and oxygen atoms in total. The van der Waals surface area contributed by atoms with Gasteiger partial charge in [0.05, 0.1) is 0 Å². The van der Waals surface area contributed by atoms with Crippen molar-refractivity contribution in [1.29, 1.82) is 0 Å². The summed E-state index contributed by atoms with van der Waals surface area (Å²) in [6.07, 6.45) is 1.31. The van der Waals surface area contributed by atoms with Crippen LogP contribution >= 0.6 is 0 Å². The fraction of sp³-hybridized carbons (Fsp3) is 1.00. The van der Waals surface area contributed by atoms with Crippen molar-refractivity contribution < 1.29 is 0 Å². The number of hydrogen-bond donors (Lipinski definition) is 0. The molecule has 0 heterocycles. The minimum atomic E-state index is 0.500. The smallest absolute Gasteiger partial charge is 0.0411 e. The van der Waals surface area contributed by atoms with E-state index >= 15 is 0 Å². The molecule has 104 valence electrons. The maximum atomic E-state index is 2.22. The van der Waals surface area contributed by atoms with E-state index in [0.717, 1.165) is 11.8 Å². The van der Waals surface area contributed by atoms with E-state index in [4.69, 9.17) is 0 Å². The molecular formula is C16H40. The van der Waals surface area contributed by atoms with Crippen molar-refractivity contribution in [2.45, 2.75) is 89.5 Å². The van der Waals surface area contributed by atoms with E-state index in [9.17, 15) is 0 Å². The molecule has 16 heavy (non-hydrogen) atoms. The van der Waals surface area contributed by atoms with Crippen molar-refractivity contribution in [3.05, 3.63) is 0 Å². The monoisotopic (exact) mass is 232 g/mol. The van der Waals surface area contributed by atoms with E-state index in [-0.39, 0.29) is 0 Å². The van der Waals surface area contributed by atoms with Crippen LogP contribution in [0.15, 0.2) is 0 Å². The highest BCUT2D eigenvalue weighted by atomic mass is 14.0. The average Bonchev–Trinajstić information content (AvgIpc) is 2.04. The second-order valence-electron chi connectivity index (χ2n) is 6.53. The molecule has 0 atom stereocenters. The van der Waals surface area contributed by atoms with Crippen molar-refractivity contribution in [2.24, 2.45) is 17.3 Å². The lowest BCUT2D eigenvalue weighted by Gasteiger charge is -2.05. The lowest BCUT2D eigenvalue weighted by atomic mass is 10.0. The summed E-state index contributed by atoms with van der Waals surface area (Å²) in [5, 5.41) is 0. The van der Waals surface area contributed by atoms with Gasteiger partial charge >= 0.3 is 0 Å². The summed E-state index contributed by atoms with van der Waals surface area (Å²) in [6.45, 7) is 25.9. The molecule has 0 spiro atoms. The summed E-state index contributed by atoms with van der Waals surface area (Å²) in [7, 11) is 0. The van der Waals surface area contributed by atoms with Crippen LogP contribution in [0.3, 0.4) is 0 Å². The van der Waals surface area contributed by atoms with Gasteiger partial charge in [-0.2, -0.15) is 0 Å².